The first kappa shape index (κ1) is 35.8. The third kappa shape index (κ3) is 7.72. The van der Waals surface area contributed by atoms with Crippen molar-refractivity contribution < 1.29 is 41.4 Å². The molecule has 1 fully saturated rings. The summed E-state index contributed by atoms with van der Waals surface area (Å²) in [5, 5.41) is 8.87. The molecule has 3 unspecified atom stereocenters. The van der Waals surface area contributed by atoms with E-state index in [1.807, 2.05) is 0 Å². The normalized spacial score (nSPS) is 23.3. The van der Waals surface area contributed by atoms with Crippen LogP contribution >= 0.6 is 11.8 Å². The largest absolute Gasteiger partial charge is 0.480 e. The number of carboxylic acids is 1. The first-order chi connectivity index (χ1) is 21.2. The van der Waals surface area contributed by atoms with Gasteiger partial charge >= 0.3 is 12.1 Å². The lowest BCUT2D eigenvalue weighted by Crippen LogP contribution is -2.47. The Morgan fingerprint density at radius 3 is 2.41 bits per heavy atom. The summed E-state index contributed by atoms with van der Waals surface area (Å²) in [6, 6.07) is 11.4. The summed E-state index contributed by atoms with van der Waals surface area (Å²) in [5.74, 6) is -2.59. The third-order valence-electron chi connectivity index (χ3n) is 7.74. The number of hydrogen-bond donors (Lipinski definition) is 1. The molecule has 0 radical (unpaired) electrons. The molecule has 2 aromatic carbocycles. The lowest BCUT2D eigenvalue weighted by molar-refractivity contribution is -0.137. The molecule has 0 spiro atoms. The van der Waals surface area contributed by atoms with Gasteiger partial charge in [-0.3, -0.25) is 9.79 Å². The SMILES string of the molecule is CC(C)(C)OC(=O)N(COCC[Si](C)(C)C)C1=NC(C)(c2cc(/C=C(\F)S(=O)(=O)c3ccccc3)ccc2F)C2CC2(C(=O)O)S1. The van der Waals surface area contributed by atoms with Crippen LogP contribution in [0.25, 0.3) is 6.08 Å². The van der Waals surface area contributed by atoms with Gasteiger partial charge in [-0.15, -0.1) is 0 Å². The first-order valence-electron chi connectivity index (χ1n) is 14.8. The van der Waals surface area contributed by atoms with E-state index in [4.69, 9.17) is 14.5 Å². The lowest BCUT2D eigenvalue weighted by atomic mass is 9.85. The topological polar surface area (TPSA) is 123 Å². The number of carbonyl (C=O) groups excluding carboxylic acids is 1. The number of amidine groups is 1. The predicted molar refractivity (Wildman–Crippen MR) is 177 cm³/mol. The molecule has 1 aliphatic carbocycles. The van der Waals surface area contributed by atoms with Gasteiger partial charge in [-0.25, -0.2) is 22.5 Å². The molecule has 1 saturated carbocycles. The van der Waals surface area contributed by atoms with E-state index in [0.29, 0.717) is 6.61 Å². The van der Waals surface area contributed by atoms with Crippen molar-refractivity contribution in [1.29, 1.82) is 0 Å². The van der Waals surface area contributed by atoms with E-state index in [-0.39, 0.29) is 34.3 Å². The molecular formula is C32H40F2N2O7S2Si. The fourth-order valence-corrected chi connectivity index (χ4v) is 8.39. The van der Waals surface area contributed by atoms with Crippen LogP contribution in [0.3, 0.4) is 0 Å². The molecule has 3 atom stereocenters. The number of nitrogens with zero attached hydrogens (tertiary/aromatic N) is 2. The molecule has 9 nitrogen and oxygen atoms in total. The van der Waals surface area contributed by atoms with Gasteiger partial charge in [-0.1, -0.05) is 55.7 Å². The van der Waals surface area contributed by atoms with Gasteiger partial charge in [0.05, 0.1) is 10.4 Å². The molecule has 1 N–H and O–H groups in total. The summed E-state index contributed by atoms with van der Waals surface area (Å²) in [6.45, 7) is 13.3. The Hall–Kier alpha value is -3.07. The third-order valence-corrected chi connectivity index (χ3v) is 12.5. The highest BCUT2D eigenvalue weighted by molar-refractivity contribution is 8.15. The van der Waals surface area contributed by atoms with Crippen molar-refractivity contribution in [2.45, 2.75) is 80.6 Å². The number of amides is 1. The molecule has 0 aromatic heterocycles. The van der Waals surface area contributed by atoms with Crippen molar-refractivity contribution in [3.63, 3.8) is 0 Å². The van der Waals surface area contributed by atoms with Crippen LogP contribution in [0.15, 0.2) is 63.6 Å². The Balaban J connectivity index is 1.78. The van der Waals surface area contributed by atoms with Crippen LogP contribution in [0.5, 0.6) is 0 Å². The Morgan fingerprint density at radius 2 is 1.83 bits per heavy atom. The summed E-state index contributed by atoms with van der Waals surface area (Å²) in [5.41, 5.74) is -2.45. The molecule has 2 aliphatic rings. The minimum absolute atomic E-state index is 0.0147. The van der Waals surface area contributed by atoms with Crippen molar-refractivity contribution in [3.05, 3.63) is 70.6 Å². The zero-order chi connectivity index (χ0) is 34.3. The van der Waals surface area contributed by atoms with Gasteiger partial charge in [0, 0.05) is 26.2 Å². The number of halogens is 2. The maximum Gasteiger partial charge on any atom is 0.418 e. The van der Waals surface area contributed by atoms with Crippen molar-refractivity contribution in [2.75, 3.05) is 13.3 Å². The number of ether oxygens (including phenoxy) is 2. The summed E-state index contributed by atoms with van der Waals surface area (Å²) >= 11 is 0.891. The standard InChI is InChI=1S/C32H40F2N2O7S2Si/c1-30(2,3)43-29(39)36(20-42-15-16-46(5,6)7)28-35-31(4,25-19-32(25,44-28)27(37)38)23-17-21(13-14-24(23)33)18-26(34)45(40,41)22-11-9-8-10-12-22/h8-14,17-18,25H,15-16,19-20H2,1-7H3,(H,37,38)/b26-18+. The quantitative estimate of drug-likeness (QED) is 0.157. The van der Waals surface area contributed by atoms with Crippen LogP contribution in [0, 0.1) is 11.7 Å². The highest BCUT2D eigenvalue weighted by atomic mass is 32.2. The van der Waals surface area contributed by atoms with E-state index in [9.17, 15) is 23.1 Å². The second-order valence-corrected chi connectivity index (χ2v) is 22.6. The number of carbonyl (C=O) groups is 2. The van der Waals surface area contributed by atoms with Crippen LogP contribution in [0.1, 0.15) is 45.2 Å². The second kappa shape index (κ2) is 12.9. The number of aliphatic carboxylic acids is 1. The number of aliphatic imine (C=N–C) groups is 1. The molecule has 0 saturated heterocycles. The van der Waals surface area contributed by atoms with Gasteiger partial charge in [0.25, 0.3) is 0 Å². The number of sulfone groups is 1. The fraction of sp³-hybridized carbons (Fsp3) is 0.469. The van der Waals surface area contributed by atoms with Crippen molar-refractivity contribution in [2.24, 2.45) is 10.9 Å². The molecule has 0 bridgehead atoms. The van der Waals surface area contributed by atoms with Crippen LogP contribution in [0.2, 0.25) is 25.7 Å². The summed E-state index contributed by atoms with van der Waals surface area (Å²) < 4.78 is 66.5. The van der Waals surface area contributed by atoms with Crippen LogP contribution < -0.4 is 0 Å². The van der Waals surface area contributed by atoms with Crippen molar-refractivity contribution in [3.8, 4) is 0 Å². The molecule has 2 aromatic rings. The van der Waals surface area contributed by atoms with E-state index in [2.05, 4.69) is 19.6 Å². The second-order valence-electron chi connectivity index (χ2n) is 13.9. The Labute approximate surface area is 274 Å². The number of thioether (sulfide) groups is 1. The van der Waals surface area contributed by atoms with Gasteiger partial charge in [0.1, 0.15) is 22.9 Å². The summed E-state index contributed by atoms with van der Waals surface area (Å²) in [4.78, 5) is 31.8. The molecule has 250 valence electrons. The van der Waals surface area contributed by atoms with Gasteiger partial charge in [0.2, 0.25) is 15.0 Å². The maximum atomic E-state index is 15.6. The highest BCUT2D eigenvalue weighted by Crippen LogP contribution is 2.66. The fourth-order valence-electron chi connectivity index (χ4n) is 5.09. The predicted octanol–water partition coefficient (Wildman–Crippen LogP) is 7.28. The molecule has 46 heavy (non-hydrogen) atoms. The van der Waals surface area contributed by atoms with E-state index < -0.39 is 62.8 Å². The van der Waals surface area contributed by atoms with Gasteiger partial charge < -0.3 is 14.6 Å². The number of benzene rings is 2. The molecule has 14 heteroatoms. The van der Waals surface area contributed by atoms with E-state index in [1.165, 1.54) is 36.4 Å². The van der Waals surface area contributed by atoms with Gasteiger partial charge in [-0.2, -0.15) is 4.39 Å². The first-order valence-corrected chi connectivity index (χ1v) is 20.8. The van der Waals surface area contributed by atoms with Crippen LogP contribution in [-0.2, 0) is 29.6 Å². The number of rotatable bonds is 10. The Bertz CT molecular complexity index is 1670. The Kier molecular flexibility index (Phi) is 9.99. The van der Waals surface area contributed by atoms with E-state index >= 15 is 8.78 Å². The lowest BCUT2D eigenvalue weighted by Gasteiger charge is -2.37. The smallest absolute Gasteiger partial charge is 0.418 e. The van der Waals surface area contributed by atoms with Crippen molar-refractivity contribution in [1.82, 2.24) is 4.90 Å². The minimum Gasteiger partial charge on any atom is -0.480 e. The molecule has 1 aliphatic heterocycles. The zero-order valence-electron chi connectivity index (χ0n) is 27.0. The van der Waals surface area contributed by atoms with Gasteiger partial charge in [-0.05, 0) is 76.1 Å². The monoisotopic (exact) mass is 694 g/mol. The number of fused-ring (bicyclic) bond motifs is 1. The van der Waals surface area contributed by atoms with Gasteiger partial charge in [0.15, 0.2) is 5.17 Å². The summed E-state index contributed by atoms with van der Waals surface area (Å²) in [7, 11) is -5.94. The average Bonchev–Trinajstić information content (AvgIpc) is 3.70. The minimum atomic E-state index is -4.47. The maximum absolute atomic E-state index is 15.6. The number of hydrogen-bond acceptors (Lipinski definition) is 8. The zero-order valence-corrected chi connectivity index (χ0v) is 29.6. The van der Waals surface area contributed by atoms with Crippen LogP contribution in [-0.4, -0.2) is 67.4 Å². The van der Waals surface area contributed by atoms with E-state index in [1.54, 1.807) is 33.8 Å². The summed E-state index contributed by atoms with van der Waals surface area (Å²) in [6.07, 6.45) is 0.0953. The average molecular weight is 695 g/mol. The molecule has 4 rings (SSSR count). The number of carboxylic acid groups (broad SMARTS) is 1. The molecule has 1 heterocycles. The van der Waals surface area contributed by atoms with Crippen molar-refractivity contribution >= 4 is 53.0 Å². The molecular weight excluding hydrogens is 655 g/mol. The molecule has 1 amide bonds. The van der Waals surface area contributed by atoms with Crippen LogP contribution in [0.4, 0.5) is 13.6 Å². The van der Waals surface area contributed by atoms with E-state index in [0.717, 1.165) is 34.8 Å². The highest BCUT2D eigenvalue weighted by Gasteiger charge is 2.72. The Morgan fingerprint density at radius 1 is 1.17 bits per heavy atom.